The molecule has 0 aromatic heterocycles. The van der Waals surface area contributed by atoms with E-state index in [4.69, 9.17) is 14.0 Å². The summed E-state index contributed by atoms with van der Waals surface area (Å²) in [4.78, 5) is 17.0. The molecule has 2 saturated heterocycles. The van der Waals surface area contributed by atoms with Crippen LogP contribution in [-0.4, -0.2) is 70.5 Å². The number of hydrogen-bond donors (Lipinski definition) is 0. The van der Waals surface area contributed by atoms with Gasteiger partial charge in [0.2, 0.25) is 0 Å². The molecule has 1 amide bonds. The number of benzene rings is 3. The Morgan fingerprint density at radius 1 is 0.932 bits per heavy atom. The molecule has 3 aromatic carbocycles. The largest absolute Gasteiger partial charge is 0.494 e. The fraction of sp³-hybridized carbons (Fsp3) is 0.424. The predicted molar refractivity (Wildman–Crippen MR) is 169 cm³/mol. The maximum atomic E-state index is 13.9. The van der Waals surface area contributed by atoms with Gasteiger partial charge in [0.1, 0.15) is 12.4 Å². The molecule has 44 heavy (non-hydrogen) atoms. The zero-order valence-electron chi connectivity index (χ0n) is 25.8. The number of fused-ring (bicyclic) bond motifs is 3. The van der Waals surface area contributed by atoms with Crippen LogP contribution in [0, 0.1) is 6.92 Å². The minimum absolute atomic E-state index is 0.0155. The van der Waals surface area contributed by atoms with Gasteiger partial charge in [-0.2, -0.15) is 8.42 Å². The van der Waals surface area contributed by atoms with E-state index < -0.39 is 34.3 Å². The maximum absolute atomic E-state index is 13.9. The summed E-state index contributed by atoms with van der Waals surface area (Å²) in [6.07, 6.45) is -0.363. The van der Waals surface area contributed by atoms with E-state index in [0.29, 0.717) is 42.8 Å². The molecule has 0 N–H and O–H groups in total. The summed E-state index contributed by atoms with van der Waals surface area (Å²) >= 11 is 0. The van der Waals surface area contributed by atoms with E-state index in [1.807, 2.05) is 58.0 Å². The molecule has 0 bridgehead atoms. The van der Waals surface area contributed by atoms with Crippen LogP contribution in [0.25, 0.3) is 11.1 Å². The zero-order chi connectivity index (χ0) is 31.4. The summed E-state index contributed by atoms with van der Waals surface area (Å²) in [5.41, 5.74) is 5.91. The van der Waals surface area contributed by atoms with Gasteiger partial charge in [0.25, 0.3) is 0 Å². The molecule has 3 aliphatic rings. The Kier molecular flexibility index (Phi) is 7.79. The molecule has 1 aliphatic carbocycles. The summed E-state index contributed by atoms with van der Waals surface area (Å²) in [5, 5.41) is 0. The lowest BCUT2D eigenvalue weighted by molar-refractivity contribution is 0.00578. The average molecular weight is 621 g/mol. The number of anilines is 1. The van der Waals surface area contributed by atoms with Crippen LogP contribution in [0.2, 0.25) is 0 Å². The van der Waals surface area contributed by atoms with Crippen molar-refractivity contribution >= 4 is 34.6 Å². The van der Waals surface area contributed by atoms with Gasteiger partial charge in [0.05, 0.1) is 11.2 Å². The van der Waals surface area contributed by atoms with E-state index in [1.54, 1.807) is 17.9 Å². The quantitative estimate of drug-likeness (QED) is 0.278. The van der Waals surface area contributed by atoms with Crippen molar-refractivity contribution in [2.24, 2.45) is 0 Å². The number of amides is 1. The van der Waals surface area contributed by atoms with Gasteiger partial charge in [-0.1, -0.05) is 54.6 Å². The van der Waals surface area contributed by atoms with Gasteiger partial charge in [-0.3, -0.25) is 0 Å². The van der Waals surface area contributed by atoms with Crippen molar-refractivity contribution in [3.05, 3.63) is 82.9 Å². The Hall–Kier alpha value is -3.41. The van der Waals surface area contributed by atoms with Crippen molar-refractivity contribution in [1.29, 1.82) is 0 Å². The molecule has 0 spiro atoms. The van der Waals surface area contributed by atoms with Crippen molar-refractivity contribution in [2.75, 3.05) is 37.7 Å². The Morgan fingerprint density at radius 2 is 1.48 bits per heavy atom. The second-order valence-electron chi connectivity index (χ2n) is 12.9. The zero-order valence-corrected chi connectivity index (χ0v) is 26.6. The topological polar surface area (TPSA) is 85.4 Å². The number of carbonyl (C=O) groups is 1. The molecule has 0 unspecified atom stereocenters. The van der Waals surface area contributed by atoms with Crippen molar-refractivity contribution in [3.8, 4) is 11.1 Å². The van der Waals surface area contributed by atoms with Gasteiger partial charge in [-0.05, 0) is 79.5 Å². The molecule has 2 fully saturated rings. The summed E-state index contributed by atoms with van der Waals surface area (Å²) < 4.78 is 55.6. The van der Waals surface area contributed by atoms with E-state index in [-0.39, 0.29) is 18.6 Å². The number of halogens is 1. The third kappa shape index (κ3) is 5.73. The third-order valence-corrected chi connectivity index (χ3v) is 10.2. The molecule has 6 rings (SSSR count). The number of rotatable bonds is 6. The minimum atomic E-state index is -4.77. The van der Waals surface area contributed by atoms with Gasteiger partial charge < -0.3 is 23.8 Å². The smallest absolute Gasteiger partial charge is 0.448 e. The number of piperazine rings is 1. The fourth-order valence-corrected chi connectivity index (χ4v) is 7.05. The van der Waals surface area contributed by atoms with E-state index in [2.05, 4.69) is 29.2 Å². The van der Waals surface area contributed by atoms with E-state index in [9.17, 15) is 17.1 Å². The Bertz CT molecular complexity index is 1640. The van der Waals surface area contributed by atoms with Crippen molar-refractivity contribution in [3.63, 3.8) is 0 Å². The first-order valence-corrected chi connectivity index (χ1v) is 16.6. The Labute approximate surface area is 259 Å². The number of nitrogens with zero attached hydrogens (tertiary/aromatic N) is 2. The van der Waals surface area contributed by atoms with Gasteiger partial charge in [-0.15, -0.1) is 3.89 Å². The van der Waals surface area contributed by atoms with Gasteiger partial charge in [0, 0.05) is 37.8 Å². The molecule has 8 nitrogen and oxygen atoms in total. The van der Waals surface area contributed by atoms with Crippen molar-refractivity contribution in [2.45, 2.75) is 57.5 Å². The van der Waals surface area contributed by atoms with Crippen LogP contribution in [0.1, 0.15) is 55.9 Å². The van der Waals surface area contributed by atoms with Crippen molar-refractivity contribution < 1.29 is 31.1 Å². The molecule has 2 aliphatic heterocycles. The summed E-state index contributed by atoms with van der Waals surface area (Å²) in [5.74, 6) is -0.753. The van der Waals surface area contributed by atoms with E-state index >= 15 is 0 Å². The highest BCUT2D eigenvalue weighted by molar-refractivity contribution is 7.85. The monoisotopic (exact) mass is 620 g/mol. The molecule has 0 radical (unpaired) electrons. The SMILES string of the molecule is Cc1c(CS(=O)(=O)F)cc(B2OC(C)(C)C(C)(C)O2)cc1N1CCN(C(=O)OCC2c3ccccc3-c3ccccc32)CC1. The van der Waals surface area contributed by atoms with Gasteiger partial charge >= 0.3 is 23.4 Å². The lowest BCUT2D eigenvalue weighted by Crippen LogP contribution is -2.49. The second kappa shape index (κ2) is 11.2. The molecular formula is C33H38BFN2O6S. The highest BCUT2D eigenvalue weighted by Gasteiger charge is 2.52. The first-order chi connectivity index (χ1) is 20.7. The molecule has 232 valence electrons. The van der Waals surface area contributed by atoms with Gasteiger partial charge in [0.15, 0.2) is 0 Å². The lowest BCUT2D eigenvalue weighted by Gasteiger charge is -2.37. The van der Waals surface area contributed by atoms with Crippen LogP contribution in [0.3, 0.4) is 0 Å². The molecule has 11 heteroatoms. The number of hydrogen-bond acceptors (Lipinski definition) is 7. The Morgan fingerprint density at radius 3 is 2.02 bits per heavy atom. The van der Waals surface area contributed by atoms with Crippen LogP contribution in [0.15, 0.2) is 60.7 Å². The fourth-order valence-electron chi connectivity index (χ4n) is 6.38. The Balaban J connectivity index is 1.16. The maximum Gasteiger partial charge on any atom is 0.494 e. The van der Waals surface area contributed by atoms with Crippen LogP contribution < -0.4 is 10.4 Å². The first kappa shape index (κ1) is 30.6. The average Bonchev–Trinajstić information content (AvgIpc) is 3.41. The number of carbonyl (C=O) groups excluding carboxylic acids is 1. The lowest BCUT2D eigenvalue weighted by atomic mass is 9.77. The van der Waals surface area contributed by atoms with Crippen LogP contribution in [0.5, 0.6) is 0 Å². The normalized spacial score (nSPS) is 19.2. The van der Waals surface area contributed by atoms with Crippen LogP contribution in [0.4, 0.5) is 14.4 Å². The van der Waals surface area contributed by atoms with Crippen LogP contribution >= 0.6 is 0 Å². The van der Waals surface area contributed by atoms with E-state index in [1.165, 1.54) is 11.1 Å². The highest BCUT2D eigenvalue weighted by atomic mass is 32.3. The number of ether oxygens (including phenoxy) is 1. The highest BCUT2D eigenvalue weighted by Crippen LogP contribution is 2.44. The van der Waals surface area contributed by atoms with E-state index in [0.717, 1.165) is 16.8 Å². The first-order valence-electron chi connectivity index (χ1n) is 15.0. The predicted octanol–water partition coefficient (Wildman–Crippen LogP) is 5.16. The molecular weight excluding hydrogens is 582 g/mol. The second-order valence-corrected chi connectivity index (χ2v) is 14.2. The van der Waals surface area contributed by atoms with Crippen LogP contribution in [-0.2, 0) is 30.0 Å². The molecule has 2 heterocycles. The summed E-state index contributed by atoms with van der Waals surface area (Å²) in [6, 6.07) is 20.0. The standard InChI is InChI=1S/C33H38BFN2O6S/c1-22-23(21-44(35,39)40)18-24(34-42-32(2,3)33(4,5)43-34)19-30(22)36-14-16-37(17-15-36)31(38)41-20-29-27-12-8-6-10-25(27)26-11-7-9-13-28(26)29/h6-13,18-19,29H,14-17,20-21H2,1-5H3. The molecule has 0 saturated carbocycles. The third-order valence-electron chi connectivity index (χ3n) is 9.58. The summed E-state index contributed by atoms with van der Waals surface area (Å²) in [6.45, 7) is 11.7. The van der Waals surface area contributed by atoms with Crippen molar-refractivity contribution in [1.82, 2.24) is 4.90 Å². The molecule has 3 aromatic rings. The molecule has 0 atom stereocenters. The summed E-state index contributed by atoms with van der Waals surface area (Å²) in [7, 11) is -5.51. The van der Waals surface area contributed by atoms with Gasteiger partial charge in [-0.25, -0.2) is 4.79 Å². The minimum Gasteiger partial charge on any atom is -0.448 e.